The van der Waals surface area contributed by atoms with Crippen LogP contribution in [0.4, 0.5) is 5.69 Å². The van der Waals surface area contributed by atoms with E-state index in [0.717, 1.165) is 61.6 Å². The second kappa shape index (κ2) is 8.83. The van der Waals surface area contributed by atoms with E-state index in [4.69, 9.17) is 0 Å². The predicted molar refractivity (Wildman–Crippen MR) is 120 cm³/mol. The maximum atomic E-state index is 12.8. The summed E-state index contributed by atoms with van der Waals surface area (Å²) in [6.07, 6.45) is 0.941. The maximum Gasteiger partial charge on any atom is 0.252 e. The van der Waals surface area contributed by atoms with Gasteiger partial charge in [0.15, 0.2) is 5.65 Å². The van der Waals surface area contributed by atoms with E-state index in [2.05, 4.69) is 55.5 Å². The molecule has 2 aromatic heterocycles. The summed E-state index contributed by atoms with van der Waals surface area (Å²) in [5.41, 5.74) is 4.39. The molecule has 0 unspecified atom stereocenters. The molecule has 1 aromatic carbocycles. The second-order valence-electron chi connectivity index (χ2n) is 7.99. The van der Waals surface area contributed by atoms with Gasteiger partial charge in [0.1, 0.15) is 0 Å². The summed E-state index contributed by atoms with van der Waals surface area (Å²) in [4.78, 5) is 22.3. The van der Waals surface area contributed by atoms with Gasteiger partial charge in [0.05, 0.1) is 16.6 Å². The number of amides is 1. The standard InChI is InChI=1S/C23H30N6O/c1-17-16-20(21-18(2)26-27(3)22(21)25-17)23(30)24-10-7-11-28-12-14-29(15-13-28)19-8-5-4-6-9-19/h4-6,8-9,16H,7,10-15H2,1-3H3,(H,24,30). The Morgan fingerprint density at radius 1 is 1.10 bits per heavy atom. The zero-order valence-corrected chi connectivity index (χ0v) is 18.1. The number of aromatic nitrogens is 3. The van der Waals surface area contributed by atoms with Crippen LogP contribution in [0.15, 0.2) is 36.4 Å². The van der Waals surface area contributed by atoms with Crippen molar-refractivity contribution in [1.29, 1.82) is 0 Å². The number of rotatable bonds is 6. The fourth-order valence-corrected chi connectivity index (χ4v) is 4.22. The zero-order chi connectivity index (χ0) is 21.1. The number of hydrogen-bond donors (Lipinski definition) is 1. The minimum atomic E-state index is -0.0458. The van der Waals surface area contributed by atoms with Gasteiger partial charge >= 0.3 is 0 Å². The molecule has 0 aliphatic carbocycles. The molecule has 1 amide bonds. The van der Waals surface area contributed by atoms with Crippen LogP contribution in [-0.2, 0) is 7.05 Å². The number of carbonyl (C=O) groups is 1. The average molecular weight is 407 g/mol. The third-order valence-corrected chi connectivity index (χ3v) is 5.77. The molecule has 3 aromatic rings. The minimum Gasteiger partial charge on any atom is -0.369 e. The first-order valence-electron chi connectivity index (χ1n) is 10.6. The Hall–Kier alpha value is -2.93. The highest BCUT2D eigenvalue weighted by Gasteiger charge is 2.19. The Morgan fingerprint density at radius 3 is 2.57 bits per heavy atom. The van der Waals surface area contributed by atoms with E-state index in [1.807, 2.05) is 27.0 Å². The Labute approximate surface area is 177 Å². The summed E-state index contributed by atoms with van der Waals surface area (Å²) in [6.45, 7) is 9.71. The molecule has 0 atom stereocenters. The van der Waals surface area contributed by atoms with Crippen molar-refractivity contribution in [3.8, 4) is 0 Å². The number of nitrogens with one attached hydrogen (secondary N) is 1. The molecule has 0 bridgehead atoms. The van der Waals surface area contributed by atoms with E-state index in [1.54, 1.807) is 4.68 Å². The van der Waals surface area contributed by atoms with E-state index in [1.165, 1.54) is 5.69 Å². The summed E-state index contributed by atoms with van der Waals surface area (Å²) in [7, 11) is 1.86. The first-order valence-corrected chi connectivity index (χ1v) is 10.6. The molecule has 0 spiro atoms. The van der Waals surface area contributed by atoms with Crippen LogP contribution >= 0.6 is 0 Å². The van der Waals surface area contributed by atoms with Crippen LogP contribution < -0.4 is 10.2 Å². The lowest BCUT2D eigenvalue weighted by Crippen LogP contribution is -2.47. The SMILES string of the molecule is Cc1cc(C(=O)NCCCN2CCN(c3ccccc3)CC2)c2c(C)nn(C)c2n1. The van der Waals surface area contributed by atoms with Crippen LogP contribution in [0.5, 0.6) is 0 Å². The Kier molecular flexibility index (Phi) is 5.99. The van der Waals surface area contributed by atoms with Crippen molar-refractivity contribution in [2.75, 3.05) is 44.2 Å². The van der Waals surface area contributed by atoms with Crippen molar-refractivity contribution in [3.05, 3.63) is 53.3 Å². The molecule has 1 saturated heterocycles. The summed E-state index contributed by atoms with van der Waals surface area (Å²) < 4.78 is 1.74. The summed E-state index contributed by atoms with van der Waals surface area (Å²) in [5, 5.41) is 8.36. The fraction of sp³-hybridized carbons (Fsp3) is 0.435. The molecule has 0 saturated carbocycles. The minimum absolute atomic E-state index is 0.0458. The van der Waals surface area contributed by atoms with E-state index >= 15 is 0 Å². The topological polar surface area (TPSA) is 66.3 Å². The van der Waals surface area contributed by atoms with Crippen molar-refractivity contribution in [3.63, 3.8) is 0 Å². The molecule has 158 valence electrons. The highest BCUT2D eigenvalue weighted by molar-refractivity contribution is 6.06. The normalized spacial score (nSPS) is 15.0. The van der Waals surface area contributed by atoms with E-state index < -0.39 is 0 Å². The first kappa shape index (κ1) is 20.3. The quantitative estimate of drug-likeness (QED) is 0.637. The molecule has 4 rings (SSSR count). The predicted octanol–water partition coefficient (Wildman–Crippen LogP) is 2.53. The maximum absolute atomic E-state index is 12.8. The van der Waals surface area contributed by atoms with E-state index in [-0.39, 0.29) is 5.91 Å². The number of anilines is 1. The molecule has 1 aliphatic heterocycles. The van der Waals surface area contributed by atoms with Crippen LogP contribution in [0.2, 0.25) is 0 Å². The number of benzene rings is 1. The third kappa shape index (κ3) is 4.31. The molecule has 1 fully saturated rings. The highest BCUT2D eigenvalue weighted by Crippen LogP contribution is 2.21. The van der Waals surface area contributed by atoms with Crippen molar-refractivity contribution >= 4 is 22.6 Å². The van der Waals surface area contributed by atoms with Gasteiger partial charge in [0.25, 0.3) is 5.91 Å². The number of hydrogen-bond acceptors (Lipinski definition) is 5. The van der Waals surface area contributed by atoms with Crippen LogP contribution in [-0.4, -0.2) is 64.8 Å². The van der Waals surface area contributed by atoms with Crippen LogP contribution in [0, 0.1) is 13.8 Å². The Balaban J connectivity index is 1.27. The van der Waals surface area contributed by atoms with Gasteiger partial charge in [0, 0.05) is 51.2 Å². The van der Waals surface area contributed by atoms with Crippen molar-refractivity contribution < 1.29 is 4.79 Å². The lowest BCUT2D eigenvalue weighted by Gasteiger charge is -2.36. The van der Waals surface area contributed by atoms with Gasteiger partial charge in [-0.05, 0) is 45.0 Å². The molecule has 0 radical (unpaired) electrons. The van der Waals surface area contributed by atoms with Gasteiger partial charge in [-0.2, -0.15) is 5.10 Å². The third-order valence-electron chi connectivity index (χ3n) is 5.77. The van der Waals surface area contributed by atoms with Gasteiger partial charge in [-0.15, -0.1) is 0 Å². The lowest BCUT2D eigenvalue weighted by atomic mass is 10.1. The molecule has 1 N–H and O–H groups in total. The number of piperazine rings is 1. The Morgan fingerprint density at radius 2 is 1.83 bits per heavy atom. The van der Waals surface area contributed by atoms with Crippen molar-refractivity contribution in [1.82, 2.24) is 25.0 Å². The largest absolute Gasteiger partial charge is 0.369 e. The molecule has 7 nitrogen and oxygen atoms in total. The highest BCUT2D eigenvalue weighted by atomic mass is 16.1. The number of nitrogens with zero attached hydrogens (tertiary/aromatic N) is 5. The van der Waals surface area contributed by atoms with Crippen molar-refractivity contribution in [2.24, 2.45) is 7.05 Å². The number of pyridine rings is 1. The fourth-order valence-electron chi connectivity index (χ4n) is 4.22. The second-order valence-corrected chi connectivity index (χ2v) is 7.99. The van der Waals surface area contributed by atoms with Gasteiger partial charge in [0.2, 0.25) is 0 Å². The molecule has 3 heterocycles. The summed E-state index contributed by atoms with van der Waals surface area (Å²) in [5.74, 6) is -0.0458. The average Bonchev–Trinajstić information content (AvgIpc) is 3.05. The van der Waals surface area contributed by atoms with Gasteiger partial charge in [-0.1, -0.05) is 18.2 Å². The zero-order valence-electron chi connectivity index (χ0n) is 18.1. The first-order chi connectivity index (χ1) is 14.5. The molecule has 7 heteroatoms. The monoisotopic (exact) mass is 406 g/mol. The number of aryl methyl sites for hydroxylation is 3. The van der Waals surface area contributed by atoms with Crippen LogP contribution in [0.3, 0.4) is 0 Å². The molecular formula is C23H30N6O. The lowest BCUT2D eigenvalue weighted by molar-refractivity contribution is 0.0953. The number of carbonyl (C=O) groups excluding carboxylic acids is 1. The van der Waals surface area contributed by atoms with E-state index in [9.17, 15) is 4.79 Å². The number of para-hydroxylation sites is 1. The molecule has 30 heavy (non-hydrogen) atoms. The summed E-state index contributed by atoms with van der Waals surface area (Å²) in [6, 6.07) is 12.4. The molecular weight excluding hydrogens is 376 g/mol. The van der Waals surface area contributed by atoms with Crippen LogP contribution in [0.1, 0.15) is 28.2 Å². The smallest absolute Gasteiger partial charge is 0.252 e. The van der Waals surface area contributed by atoms with Gasteiger partial charge in [-0.3, -0.25) is 14.4 Å². The van der Waals surface area contributed by atoms with E-state index in [0.29, 0.717) is 12.1 Å². The van der Waals surface area contributed by atoms with Gasteiger partial charge < -0.3 is 10.2 Å². The van der Waals surface area contributed by atoms with Crippen molar-refractivity contribution in [2.45, 2.75) is 20.3 Å². The molecule has 1 aliphatic rings. The Bertz CT molecular complexity index is 1020. The van der Waals surface area contributed by atoms with Crippen LogP contribution in [0.25, 0.3) is 11.0 Å². The summed E-state index contributed by atoms with van der Waals surface area (Å²) >= 11 is 0. The number of fused-ring (bicyclic) bond motifs is 1. The van der Waals surface area contributed by atoms with Gasteiger partial charge in [-0.25, -0.2) is 4.98 Å².